The van der Waals surface area contributed by atoms with Crippen LogP contribution in [0.5, 0.6) is 0 Å². The van der Waals surface area contributed by atoms with Crippen LogP contribution in [0.4, 0.5) is 0 Å². The van der Waals surface area contributed by atoms with Crippen molar-refractivity contribution in [2.24, 2.45) is 11.8 Å². The Labute approximate surface area is 112 Å². The molecule has 2 rings (SSSR count). The second-order valence-electron chi connectivity index (χ2n) is 6.16. The largest absolute Gasteiger partial charge is 0.307 e. The Morgan fingerprint density at radius 2 is 1.72 bits per heavy atom. The van der Waals surface area contributed by atoms with E-state index in [9.17, 15) is 0 Å². The SMILES string of the molecule is Cc1ccccc1C(C)NC1C(C)CCCC1C. The maximum absolute atomic E-state index is 3.88. The third kappa shape index (κ3) is 2.95. The highest BCUT2D eigenvalue weighted by Gasteiger charge is 2.28. The highest BCUT2D eigenvalue weighted by Crippen LogP contribution is 2.31. The molecule has 0 bridgehead atoms. The van der Waals surface area contributed by atoms with Crippen molar-refractivity contribution in [3.8, 4) is 0 Å². The number of hydrogen-bond donors (Lipinski definition) is 1. The number of nitrogens with one attached hydrogen (secondary N) is 1. The Bertz CT molecular complexity index is 375. The second-order valence-corrected chi connectivity index (χ2v) is 6.16. The fraction of sp³-hybridized carbons (Fsp3) is 0.647. The molecule has 1 N–H and O–H groups in total. The Morgan fingerprint density at radius 1 is 1.11 bits per heavy atom. The molecule has 1 fully saturated rings. The molecule has 3 atom stereocenters. The van der Waals surface area contributed by atoms with Crippen LogP contribution in [-0.2, 0) is 0 Å². The van der Waals surface area contributed by atoms with Crippen LogP contribution in [0.2, 0.25) is 0 Å². The van der Waals surface area contributed by atoms with Crippen LogP contribution in [0.25, 0.3) is 0 Å². The van der Waals surface area contributed by atoms with Crippen molar-refractivity contribution < 1.29 is 0 Å². The number of aryl methyl sites for hydroxylation is 1. The minimum absolute atomic E-state index is 0.458. The van der Waals surface area contributed by atoms with E-state index in [1.54, 1.807) is 0 Å². The Balaban J connectivity index is 2.06. The van der Waals surface area contributed by atoms with Crippen molar-refractivity contribution in [2.45, 2.75) is 59.0 Å². The summed E-state index contributed by atoms with van der Waals surface area (Å²) in [6, 6.07) is 9.87. The molecule has 1 heteroatoms. The molecule has 0 radical (unpaired) electrons. The van der Waals surface area contributed by atoms with Gasteiger partial charge in [-0.3, -0.25) is 0 Å². The average molecular weight is 245 g/mol. The number of rotatable bonds is 3. The molecule has 3 unspecified atom stereocenters. The maximum atomic E-state index is 3.88. The highest BCUT2D eigenvalue weighted by molar-refractivity contribution is 5.28. The molecule has 0 aromatic heterocycles. The van der Waals surface area contributed by atoms with Gasteiger partial charge in [0, 0.05) is 12.1 Å². The van der Waals surface area contributed by atoms with Crippen LogP contribution < -0.4 is 5.32 Å². The topological polar surface area (TPSA) is 12.0 Å². The Morgan fingerprint density at radius 3 is 2.33 bits per heavy atom. The summed E-state index contributed by atoms with van der Waals surface area (Å²) in [4.78, 5) is 0. The van der Waals surface area contributed by atoms with Gasteiger partial charge in [-0.25, -0.2) is 0 Å². The van der Waals surface area contributed by atoms with Gasteiger partial charge in [-0.05, 0) is 49.7 Å². The summed E-state index contributed by atoms with van der Waals surface area (Å²) >= 11 is 0. The van der Waals surface area contributed by atoms with Gasteiger partial charge in [-0.15, -0.1) is 0 Å². The lowest BCUT2D eigenvalue weighted by Crippen LogP contribution is -2.44. The Kier molecular flexibility index (Phi) is 4.45. The summed E-state index contributed by atoms with van der Waals surface area (Å²) < 4.78 is 0. The van der Waals surface area contributed by atoms with E-state index in [0.717, 1.165) is 11.8 Å². The van der Waals surface area contributed by atoms with Crippen LogP contribution >= 0.6 is 0 Å². The molecule has 0 heterocycles. The first-order valence-electron chi connectivity index (χ1n) is 7.41. The van der Waals surface area contributed by atoms with Gasteiger partial charge in [0.05, 0.1) is 0 Å². The van der Waals surface area contributed by atoms with Crippen LogP contribution in [0.1, 0.15) is 57.2 Å². The van der Waals surface area contributed by atoms with Crippen LogP contribution in [-0.4, -0.2) is 6.04 Å². The van der Waals surface area contributed by atoms with Gasteiger partial charge in [0.15, 0.2) is 0 Å². The molecule has 1 aromatic carbocycles. The molecule has 0 spiro atoms. The summed E-state index contributed by atoms with van der Waals surface area (Å²) in [5.74, 6) is 1.61. The molecule has 1 saturated carbocycles. The monoisotopic (exact) mass is 245 g/mol. The molecule has 0 amide bonds. The predicted molar refractivity (Wildman–Crippen MR) is 78.7 cm³/mol. The van der Waals surface area contributed by atoms with E-state index < -0.39 is 0 Å². The standard InChI is InChI=1S/C17H27N/c1-12-8-5-6-11-16(12)15(4)18-17-13(2)9-7-10-14(17)3/h5-6,8,11,13-15,17-18H,7,9-10H2,1-4H3. The summed E-state index contributed by atoms with van der Waals surface area (Å²) in [5.41, 5.74) is 2.84. The van der Waals surface area contributed by atoms with E-state index in [0.29, 0.717) is 12.1 Å². The van der Waals surface area contributed by atoms with E-state index in [1.807, 2.05) is 0 Å². The number of hydrogen-bond acceptors (Lipinski definition) is 1. The zero-order valence-electron chi connectivity index (χ0n) is 12.2. The maximum Gasteiger partial charge on any atom is 0.0297 e. The van der Waals surface area contributed by atoms with Gasteiger partial charge in [0.25, 0.3) is 0 Å². The summed E-state index contributed by atoms with van der Waals surface area (Å²) in [6.45, 7) is 9.31. The molecule has 1 aliphatic carbocycles. The lowest BCUT2D eigenvalue weighted by molar-refractivity contribution is 0.196. The van der Waals surface area contributed by atoms with Crippen LogP contribution in [0.3, 0.4) is 0 Å². The smallest absolute Gasteiger partial charge is 0.0297 e. The van der Waals surface area contributed by atoms with Gasteiger partial charge < -0.3 is 5.32 Å². The van der Waals surface area contributed by atoms with E-state index >= 15 is 0 Å². The summed E-state index contributed by atoms with van der Waals surface area (Å²) in [5, 5.41) is 3.88. The van der Waals surface area contributed by atoms with Gasteiger partial charge in [-0.1, -0.05) is 44.5 Å². The molecular weight excluding hydrogens is 218 g/mol. The molecule has 0 aliphatic heterocycles. The lowest BCUT2D eigenvalue weighted by atomic mass is 9.78. The van der Waals surface area contributed by atoms with Gasteiger partial charge >= 0.3 is 0 Å². The molecule has 1 aliphatic rings. The van der Waals surface area contributed by atoms with E-state index in [2.05, 4.69) is 57.3 Å². The van der Waals surface area contributed by atoms with Crippen molar-refractivity contribution in [1.82, 2.24) is 5.32 Å². The first-order chi connectivity index (χ1) is 8.59. The van der Waals surface area contributed by atoms with E-state index in [-0.39, 0.29) is 0 Å². The van der Waals surface area contributed by atoms with Gasteiger partial charge in [0.1, 0.15) is 0 Å². The zero-order chi connectivity index (χ0) is 13.1. The van der Waals surface area contributed by atoms with Crippen molar-refractivity contribution >= 4 is 0 Å². The van der Waals surface area contributed by atoms with Crippen LogP contribution in [0, 0.1) is 18.8 Å². The highest BCUT2D eigenvalue weighted by atomic mass is 15.0. The zero-order valence-corrected chi connectivity index (χ0v) is 12.2. The molecule has 100 valence electrons. The fourth-order valence-corrected chi connectivity index (χ4v) is 3.46. The average Bonchev–Trinajstić information content (AvgIpc) is 2.34. The fourth-order valence-electron chi connectivity index (χ4n) is 3.46. The third-order valence-electron chi connectivity index (χ3n) is 4.64. The number of benzene rings is 1. The molecule has 18 heavy (non-hydrogen) atoms. The van der Waals surface area contributed by atoms with Gasteiger partial charge in [-0.2, -0.15) is 0 Å². The molecular formula is C17H27N. The third-order valence-corrected chi connectivity index (χ3v) is 4.64. The normalized spacial score (nSPS) is 30.1. The minimum atomic E-state index is 0.458. The van der Waals surface area contributed by atoms with E-state index in [4.69, 9.17) is 0 Å². The first kappa shape index (κ1) is 13.6. The molecule has 0 saturated heterocycles. The second kappa shape index (κ2) is 5.88. The van der Waals surface area contributed by atoms with Crippen molar-refractivity contribution in [3.63, 3.8) is 0 Å². The van der Waals surface area contributed by atoms with Gasteiger partial charge in [0.2, 0.25) is 0 Å². The summed E-state index contributed by atoms with van der Waals surface area (Å²) in [6.07, 6.45) is 4.16. The van der Waals surface area contributed by atoms with Crippen molar-refractivity contribution in [3.05, 3.63) is 35.4 Å². The van der Waals surface area contributed by atoms with Crippen LogP contribution in [0.15, 0.2) is 24.3 Å². The quantitative estimate of drug-likeness (QED) is 0.828. The van der Waals surface area contributed by atoms with Crippen molar-refractivity contribution in [1.29, 1.82) is 0 Å². The lowest BCUT2D eigenvalue weighted by Gasteiger charge is -2.37. The van der Waals surface area contributed by atoms with E-state index in [1.165, 1.54) is 30.4 Å². The molecule has 1 nitrogen and oxygen atoms in total. The van der Waals surface area contributed by atoms with Crippen molar-refractivity contribution in [2.75, 3.05) is 0 Å². The Hall–Kier alpha value is -0.820. The first-order valence-corrected chi connectivity index (χ1v) is 7.41. The minimum Gasteiger partial charge on any atom is -0.307 e. The summed E-state index contributed by atoms with van der Waals surface area (Å²) in [7, 11) is 0. The predicted octanol–water partition coefficient (Wildman–Crippen LogP) is 4.47. The molecule has 1 aromatic rings.